The SMILES string of the molecule is NCC(N)c1ccc(-c2ccsc2)c(F)c1F. The largest absolute Gasteiger partial charge is 0.329 e. The molecule has 2 nitrogen and oxygen atoms in total. The van der Waals surface area contributed by atoms with Crippen molar-refractivity contribution in [1.82, 2.24) is 0 Å². The minimum atomic E-state index is -0.911. The first-order valence-electron chi connectivity index (χ1n) is 5.11. The molecule has 1 aromatic carbocycles. The fraction of sp³-hybridized carbons (Fsp3) is 0.167. The van der Waals surface area contributed by atoms with Crippen molar-refractivity contribution in [3.05, 3.63) is 46.2 Å². The van der Waals surface area contributed by atoms with Gasteiger partial charge >= 0.3 is 0 Å². The van der Waals surface area contributed by atoms with Gasteiger partial charge in [-0.1, -0.05) is 12.1 Å². The van der Waals surface area contributed by atoms with Crippen LogP contribution in [0.15, 0.2) is 29.0 Å². The van der Waals surface area contributed by atoms with Crippen molar-refractivity contribution in [3.63, 3.8) is 0 Å². The van der Waals surface area contributed by atoms with Gasteiger partial charge < -0.3 is 11.5 Å². The molecule has 2 aromatic rings. The molecule has 5 heteroatoms. The van der Waals surface area contributed by atoms with Crippen LogP contribution in [0.4, 0.5) is 8.78 Å². The summed E-state index contributed by atoms with van der Waals surface area (Å²) in [6.07, 6.45) is 0. The Morgan fingerprint density at radius 1 is 1.18 bits per heavy atom. The molecule has 0 saturated heterocycles. The Balaban J connectivity index is 2.50. The second-order valence-corrected chi connectivity index (χ2v) is 4.46. The molecule has 0 radical (unpaired) electrons. The third-order valence-electron chi connectivity index (χ3n) is 2.60. The first-order chi connectivity index (χ1) is 8.15. The van der Waals surface area contributed by atoms with Gasteiger partial charge in [-0.3, -0.25) is 0 Å². The first kappa shape index (κ1) is 12.2. The van der Waals surface area contributed by atoms with E-state index < -0.39 is 17.7 Å². The number of rotatable bonds is 3. The van der Waals surface area contributed by atoms with Gasteiger partial charge in [0.1, 0.15) is 0 Å². The summed E-state index contributed by atoms with van der Waals surface area (Å²) in [5.74, 6) is -1.78. The molecule has 0 aliphatic carbocycles. The number of halogens is 2. The summed E-state index contributed by atoms with van der Waals surface area (Å²) in [5.41, 5.74) is 12.0. The van der Waals surface area contributed by atoms with Crippen molar-refractivity contribution in [2.45, 2.75) is 6.04 Å². The van der Waals surface area contributed by atoms with Gasteiger partial charge in [-0.2, -0.15) is 11.3 Å². The van der Waals surface area contributed by atoms with E-state index in [9.17, 15) is 8.78 Å². The zero-order valence-corrected chi connectivity index (χ0v) is 9.81. The lowest BCUT2D eigenvalue weighted by Gasteiger charge is -2.12. The van der Waals surface area contributed by atoms with Crippen LogP contribution in [0.1, 0.15) is 11.6 Å². The van der Waals surface area contributed by atoms with Crippen LogP contribution in [0.2, 0.25) is 0 Å². The fourth-order valence-electron chi connectivity index (χ4n) is 1.62. The van der Waals surface area contributed by atoms with Crippen LogP contribution in [-0.4, -0.2) is 6.54 Å². The maximum Gasteiger partial charge on any atom is 0.167 e. The van der Waals surface area contributed by atoms with E-state index in [4.69, 9.17) is 11.5 Å². The number of benzene rings is 1. The highest BCUT2D eigenvalue weighted by Crippen LogP contribution is 2.29. The summed E-state index contributed by atoms with van der Waals surface area (Å²) in [5, 5.41) is 3.58. The highest BCUT2D eigenvalue weighted by Gasteiger charge is 2.18. The Hall–Kier alpha value is -1.30. The smallest absolute Gasteiger partial charge is 0.167 e. The minimum Gasteiger partial charge on any atom is -0.329 e. The third-order valence-corrected chi connectivity index (χ3v) is 3.28. The lowest BCUT2D eigenvalue weighted by Crippen LogP contribution is -2.22. The normalized spacial score (nSPS) is 12.7. The Labute approximate surface area is 102 Å². The molecule has 0 fully saturated rings. The molecule has 2 rings (SSSR count). The molecule has 4 N–H and O–H groups in total. The van der Waals surface area contributed by atoms with Crippen LogP contribution in [-0.2, 0) is 0 Å². The van der Waals surface area contributed by atoms with Crippen LogP contribution in [0.25, 0.3) is 11.1 Å². The standard InChI is InChI=1S/C12H12F2N2S/c13-11-8(7-3-4-17-6-7)1-2-9(12(11)14)10(16)5-15/h1-4,6,10H,5,15-16H2. The zero-order chi connectivity index (χ0) is 12.4. The van der Waals surface area contributed by atoms with Crippen molar-refractivity contribution in [2.75, 3.05) is 6.54 Å². The molecule has 1 heterocycles. The summed E-state index contributed by atoms with van der Waals surface area (Å²) in [6, 6.07) is 4.08. The first-order valence-corrected chi connectivity index (χ1v) is 6.05. The molecule has 0 aliphatic heterocycles. The molecule has 90 valence electrons. The highest BCUT2D eigenvalue weighted by atomic mass is 32.1. The van der Waals surface area contributed by atoms with Gasteiger partial charge in [0.25, 0.3) is 0 Å². The summed E-state index contributed by atoms with van der Waals surface area (Å²) in [4.78, 5) is 0. The van der Waals surface area contributed by atoms with E-state index in [2.05, 4.69) is 0 Å². The maximum absolute atomic E-state index is 13.9. The third kappa shape index (κ3) is 2.22. The van der Waals surface area contributed by atoms with E-state index >= 15 is 0 Å². The second-order valence-electron chi connectivity index (χ2n) is 3.68. The summed E-state index contributed by atoms with van der Waals surface area (Å²) in [7, 11) is 0. The van der Waals surface area contributed by atoms with E-state index in [-0.39, 0.29) is 17.7 Å². The average Bonchev–Trinajstić information content (AvgIpc) is 2.85. The predicted molar refractivity (Wildman–Crippen MR) is 65.7 cm³/mol. The fourth-order valence-corrected chi connectivity index (χ4v) is 2.27. The molecule has 0 bridgehead atoms. The van der Waals surface area contributed by atoms with Crippen molar-refractivity contribution < 1.29 is 8.78 Å². The topological polar surface area (TPSA) is 52.0 Å². The summed E-state index contributed by atoms with van der Waals surface area (Å²) < 4.78 is 27.6. The van der Waals surface area contributed by atoms with Crippen molar-refractivity contribution in [3.8, 4) is 11.1 Å². The van der Waals surface area contributed by atoms with Gasteiger partial charge in [0, 0.05) is 23.7 Å². The van der Waals surface area contributed by atoms with Crippen molar-refractivity contribution in [1.29, 1.82) is 0 Å². The Morgan fingerprint density at radius 3 is 2.53 bits per heavy atom. The zero-order valence-electron chi connectivity index (χ0n) is 8.99. The van der Waals surface area contributed by atoms with Gasteiger partial charge in [-0.15, -0.1) is 0 Å². The predicted octanol–water partition coefficient (Wildman–Crippen LogP) is 2.65. The second kappa shape index (κ2) is 4.91. The van der Waals surface area contributed by atoms with Crippen LogP contribution in [0.5, 0.6) is 0 Å². The van der Waals surface area contributed by atoms with E-state index in [0.29, 0.717) is 5.56 Å². The lowest BCUT2D eigenvalue weighted by atomic mass is 10.0. The number of hydrogen-bond donors (Lipinski definition) is 2. The number of thiophene rings is 1. The summed E-state index contributed by atoms with van der Waals surface area (Å²) in [6.45, 7) is 0.0775. The minimum absolute atomic E-state index is 0.0775. The van der Waals surface area contributed by atoms with E-state index in [0.717, 1.165) is 0 Å². The molecular weight excluding hydrogens is 242 g/mol. The molecule has 0 amide bonds. The van der Waals surface area contributed by atoms with Gasteiger partial charge in [-0.05, 0) is 22.4 Å². The van der Waals surface area contributed by atoms with Gasteiger partial charge in [-0.25, -0.2) is 8.78 Å². The van der Waals surface area contributed by atoms with E-state index in [1.165, 1.54) is 23.5 Å². The van der Waals surface area contributed by atoms with Gasteiger partial charge in [0.2, 0.25) is 0 Å². The Morgan fingerprint density at radius 2 is 1.94 bits per heavy atom. The average molecular weight is 254 g/mol. The molecule has 0 spiro atoms. The van der Waals surface area contributed by atoms with Crippen LogP contribution in [0, 0.1) is 11.6 Å². The lowest BCUT2D eigenvalue weighted by molar-refractivity contribution is 0.491. The maximum atomic E-state index is 13.9. The molecule has 17 heavy (non-hydrogen) atoms. The number of nitrogens with two attached hydrogens (primary N) is 2. The molecule has 1 unspecified atom stereocenters. The molecule has 1 atom stereocenters. The van der Waals surface area contributed by atoms with Crippen LogP contribution in [0.3, 0.4) is 0 Å². The molecule has 1 aromatic heterocycles. The van der Waals surface area contributed by atoms with E-state index in [1.54, 1.807) is 11.4 Å². The van der Waals surface area contributed by atoms with E-state index in [1.807, 2.05) is 5.38 Å². The Kier molecular flexibility index (Phi) is 3.51. The van der Waals surface area contributed by atoms with Crippen molar-refractivity contribution >= 4 is 11.3 Å². The highest BCUT2D eigenvalue weighted by molar-refractivity contribution is 7.08. The Bertz CT molecular complexity index is 511. The quantitative estimate of drug-likeness (QED) is 0.884. The monoisotopic (exact) mass is 254 g/mol. The molecule has 0 saturated carbocycles. The van der Waals surface area contributed by atoms with Gasteiger partial charge in [0.15, 0.2) is 11.6 Å². The van der Waals surface area contributed by atoms with Crippen LogP contribution < -0.4 is 11.5 Å². The summed E-state index contributed by atoms with van der Waals surface area (Å²) >= 11 is 1.43. The molecule has 0 aliphatic rings. The van der Waals surface area contributed by atoms with Crippen molar-refractivity contribution in [2.24, 2.45) is 11.5 Å². The van der Waals surface area contributed by atoms with Crippen LogP contribution >= 0.6 is 11.3 Å². The van der Waals surface area contributed by atoms with Gasteiger partial charge in [0.05, 0.1) is 0 Å². The molecular formula is C12H12F2N2S. The number of hydrogen-bond acceptors (Lipinski definition) is 3.